The fourth-order valence-electron chi connectivity index (χ4n) is 5.05. The third-order valence-electron chi connectivity index (χ3n) is 6.61. The summed E-state index contributed by atoms with van der Waals surface area (Å²) < 4.78 is 7.37. The zero-order valence-electron chi connectivity index (χ0n) is 17.3. The first-order valence-electron chi connectivity index (χ1n) is 10.7. The van der Waals surface area contributed by atoms with Crippen LogP contribution in [0.5, 0.6) is 0 Å². The number of aromatic nitrogens is 2. The summed E-state index contributed by atoms with van der Waals surface area (Å²) >= 11 is 0. The van der Waals surface area contributed by atoms with Gasteiger partial charge >= 0.3 is 5.97 Å². The first kappa shape index (κ1) is 19.9. The minimum atomic E-state index is -0.400. The molecular formula is C24H30N2O3. The molecule has 29 heavy (non-hydrogen) atoms. The summed E-state index contributed by atoms with van der Waals surface area (Å²) in [5.74, 6) is 0.141. The number of imidazole rings is 1. The van der Waals surface area contributed by atoms with Crippen molar-refractivity contribution in [3.63, 3.8) is 0 Å². The van der Waals surface area contributed by atoms with Crippen molar-refractivity contribution in [3.8, 4) is 0 Å². The van der Waals surface area contributed by atoms with Crippen LogP contribution < -0.4 is 0 Å². The van der Waals surface area contributed by atoms with Crippen LogP contribution in [0, 0.1) is 11.8 Å². The zero-order valence-corrected chi connectivity index (χ0v) is 17.3. The van der Waals surface area contributed by atoms with E-state index in [4.69, 9.17) is 4.74 Å². The van der Waals surface area contributed by atoms with E-state index in [0.29, 0.717) is 13.0 Å². The van der Waals surface area contributed by atoms with Gasteiger partial charge < -0.3 is 14.4 Å². The van der Waals surface area contributed by atoms with Crippen LogP contribution in [0.25, 0.3) is 11.1 Å². The van der Waals surface area contributed by atoms with Gasteiger partial charge in [-0.25, -0.2) is 4.98 Å². The Morgan fingerprint density at radius 1 is 1.24 bits per heavy atom. The van der Waals surface area contributed by atoms with Crippen LogP contribution in [0.3, 0.4) is 0 Å². The molecule has 1 aromatic carbocycles. The van der Waals surface area contributed by atoms with Crippen LogP contribution >= 0.6 is 0 Å². The predicted molar refractivity (Wildman–Crippen MR) is 113 cm³/mol. The Labute approximate surface area is 172 Å². The van der Waals surface area contributed by atoms with Crippen LogP contribution in [0.2, 0.25) is 0 Å². The smallest absolute Gasteiger partial charge is 0.308 e. The molecule has 5 heteroatoms. The average Bonchev–Trinajstić information content (AvgIpc) is 3.32. The number of aliphatic hydroxyl groups is 1. The lowest BCUT2D eigenvalue weighted by atomic mass is 9.77. The minimum absolute atomic E-state index is 0.00727. The maximum absolute atomic E-state index is 12.0. The maximum atomic E-state index is 12.0. The molecule has 2 heterocycles. The van der Waals surface area contributed by atoms with E-state index in [1.54, 1.807) is 0 Å². The molecular weight excluding hydrogens is 364 g/mol. The molecule has 4 rings (SSSR count). The molecule has 0 bridgehead atoms. The summed E-state index contributed by atoms with van der Waals surface area (Å²) in [5, 5.41) is 11.1. The van der Waals surface area contributed by atoms with E-state index in [-0.39, 0.29) is 23.8 Å². The fraction of sp³-hybridized carbons (Fsp3) is 0.500. The molecule has 1 fully saturated rings. The summed E-state index contributed by atoms with van der Waals surface area (Å²) in [7, 11) is 0. The lowest BCUT2D eigenvalue weighted by Crippen LogP contribution is -2.31. The number of hydrogen-bond donors (Lipinski definition) is 1. The first-order chi connectivity index (χ1) is 14.1. The Morgan fingerprint density at radius 2 is 1.97 bits per heavy atom. The Balaban J connectivity index is 1.48. The monoisotopic (exact) mass is 394 g/mol. The minimum Gasteiger partial charge on any atom is -0.466 e. The van der Waals surface area contributed by atoms with E-state index in [9.17, 15) is 9.90 Å². The van der Waals surface area contributed by atoms with Gasteiger partial charge in [0.25, 0.3) is 0 Å². The predicted octanol–water partition coefficient (Wildman–Crippen LogP) is 4.49. The summed E-state index contributed by atoms with van der Waals surface area (Å²) in [6, 6.07) is 10.5. The standard InChI is InChI=1S/C24H30N2O3/c1-3-29-24(28)19-11-9-17(10-12-19)22(27)13-20-23(18-7-5-4-6-8-18)16(2)21-14-25-15-26(20)21/h4-8,14-15,17,19-20,22,27H,3,9-13H2,1-2H3/t17?,19?,20?,22-/m0/s1. The van der Waals surface area contributed by atoms with Crippen molar-refractivity contribution in [2.75, 3.05) is 6.61 Å². The molecule has 1 unspecified atom stereocenters. The number of rotatable bonds is 6. The van der Waals surface area contributed by atoms with Crippen LogP contribution in [-0.4, -0.2) is 33.3 Å². The van der Waals surface area contributed by atoms with Gasteiger partial charge in [-0.05, 0) is 68.6 Å². The summed E-state index contributed by atoms with van der Waals surface area (Å²) in [5.41, 5.74) is 4.85. The molecule has 5 nitrogen and oxygen atoms in total. The van der Waals surface area contributed by atoms with Crippen LogP contribution in [0.4, 0.5) is 0 Å². The van der Waals surface area contributed by atoms with Gasteiger partial charge in [0.1, 0.15) is 0 Å². The number of allylic oxidation sites excluding steroid dienone is 2. The van der Waals surface area contributed by atoms with Crippen LogP contribution in [-0.2, 0) is 9.53 Å². The van der Waals surface area contributed by atoms with E-state index < -0.39 is 6.10 Å². The van der Waals surface area contributed by atoms with Crippen molar-refractivity contribution < 1.29 is 14.6 Å². The lowest BCUT2D eigenvalue weighted by Gasteiger charge is -2.32. The highest BCUT2D eigenvalue weighted by atomic mass is 16.5. The third-order valence-corrected chi connectivity index (χ3v) is 6.61. The van der Waals surface area contributed by atoms with Gasteiger partial charge in [0.15, 0.2) is 0 Å². The van der Waals surface area contributed by atoms with Crippen molar-refractivity contribution >= 4 is 17.1 Å². The Morgan fingerprint density at radius 3 is 2.66 bits per heavy atom. The summed E-state index contributed by atoms with van der Waals surface area (Å²) in [6.45, 7) is 4.43. The highest BCUT2D eigenvalue weighted by Crippen LogP contribution is 2.45. The number of ether oxygens (including phenoxy) is 1. The van der Waals surface area contributed by atoms with Gasteiger partial charge in [0.2, 0.25) is 0 Å². The highest BCUT2D eigenvalue weighted by Gasteiger charge is 2.36. The SMILES string of the molecule is CCOC(=O)C1CCC([C@@H](O)CC2C(c3ccccc3)=C(C)c3cncn32)CC1. The van der Waals surface area contributed by atoms with Crippen molar-refractivity contribution in [1.82, 2.24) is 9.55 Å². The first-order valence-corrected chi connectivity index (χ1v) is 10.7. The number of carbonyl (C=O) groups excluding carboxylic acids is 1. The second-order valence-corrected chi connectivity index (χ2v) is 8.27. The van der Waals surface area contributed by atoms with Gasteiger partial charge in [0, 0.05) is 0 Å². The molecule has 2 aromatic rings. The average molecular weight is 395 g/mol. The fourth-order valence-corrected chi connectivity index (χ4v) is 5.05. The molecule has 0 amide bonds. The van der Waals surface area contributed by atoms with Crippen molar-refractivity contribution in [2.24, 2.45) is 11.8 Å². The van der Waals surface area contributed by atoms with Gasteiger partial charge in [-0.3, -0.25) is 4.79 Å². The van der Waals surface area contributed by atoms with Crippen molar-refractivity contribution in [1.29, 1.82) is 0 Å². The van der Waals surface area contributed by atoms with E-state index in [2.05, 4.69) is 40.7 Å². The number of hydrogen-bond acceptors (Lipinski definition) is 4. The summed E-state index contributed by atoms with van der Waals surface area (Å²) in [4.78, 5) is 16.3. The third kappa shape index (κ3) is 3.88. The summed E-state index contributed by atoms with van der Waals surface area (Å²) in [6.07, 6.45) is 7.42. The largest absolute Gasteiger partial charge is 0.466 e. The Hall–Kier alpha value is -2.40. The number of carbonyl (C=O) groups is 1. The van der Waals surface area contributed by atoms with Crippen molar-refractivity contribution in [3.05, 3.63) is 54.1 Å². The van der Waals surface area contributed by atoms with Gasteiger partial charge in [-0.1, -0.05) is 30.3 Å². The van der Waals surface area contributed by atoms with Gasteiger partial charge in [0.05, 0.1) is 42.9 Å². The number of benzene rings is 1. The van der Waals surface area contributed by atoms with Crippen LogP contribution in [0.1, 0.15) is 63.3 Å². The molecule has 0 spiro atoms. The Bertz CT molecular complexity index is 879. The normalized spacial score (nSPS) is 25.0. The molecule has 0 radical (unpaired) electrons. The number of nitrogens with zero attached hydrogens (tertiary/aromatic N) is 2. The van der Waals surface area contributed by atoms with E-state index in [1.165, 1.54) is 16.7 Å². The lowest BCUT2D eigenvalue weighted by molar-refractivity contribution is -0.149. The van der Waals surface area contributed by atoms with E-state index in [1.807, 2.05) is 25.5 Å². The maximum Gasteiger partial charge on any atom is 0.308 e. The second-order valence-electron chi connectivity index (χ2n) is 8.27. The molecule has 1 saturated carbocycles. The topological polar surface area (TPSA) is 64.3 Å². The van der Waals surface area contributed by atoms with Gasteiger partial charge in [-0.2, -0.15) is 0 Å². The number of aliphatic hydroxyl groups excluding tert-OH is 1. The van der Waals surface area contributed by atoms with Gasteiger partial charge in [-0.15, -0.1) is 0 Å². The zero-order chi connectivity index (χ0) is 20.4. The molecule has 2 aliphatic rings. The molecule has 1 aliphatic heterocycles. The number of fused-ring (bicyclic) bond motifs is 1. The molecule has 0 saturated heterocycles. The van der Waals surface area contributed by atoms with Crippen molar-refractivity contribution in [2.45, 2.75) is 58.1 Å². The highest BCUT2D eigenvalue weighted by molar-refractivity contribution is 5.93. The van der Waals surface area contributed by atoms with E-state index >= 15 is 0 Å². The van der Waals surface area contributed by atoms with E-state index in [0.717, 1.165) is 31.4 Å². The van der Waals surface area contributed by atoms with Crippen LogP contribution in [0.15, 0.2) is 42.9 Å². The molecule has 1 N–H and O–H groups in total. The molecule has 1 aliphatic carbocycles. The Kier molecular flexibility index (Phi) is 5.86. The molecule has 2 atom stereocenters. The molecule has 154 valence electrons. The number of esters is 1. The quantitative estimate of drug-likeness (QED) is 0.733. The molecule has 1 aromatic heterocycles. The second kappa shape index (κ2) is 8.54.